The third-order valence-corrected chi connectivity index (χ3v) is 14.5. The summed E-state index contributed by atoms with van der Waals surface area (Å²) < 4.78 is 0. The van der Waals surface area contributed by atoms with E-state index in [2.05, 4.69) is 42.2 Å². The molecule has 19 nitrogen and oxygen atoms in total. The van der Waals surface area contributed by atoms with E-state index >= 15 is 0 Å². The van der Waals surface area contributed by atoms with E-state index in [0.29, 0.717) is 30.5 Å². The van der Waals surface area contributed by atoms with Crippen LogP contribution in [0.25, 0.3) is 10.9 Å². The second kappa shape index (κ2) is 28.2. The number of nitrogens with two attached hydrogens (primary N) is 2. The van der Waals surface area contributed by atoms with Crippen LogP contribution in [0.3, 0.4) is 0 Å². The molecule has 1 fully saturated rings. The fraction of sp³-hybridized carbons (Fsp3) is 0.460. The van der Waals surface area contributed by atoms with Crippen molar-refractivity contribution >= 4 is 73.8 Å². The highest BCUT2D eigenvalue weighted by atomic mass is 33.1. The van der Waals surface area contributed by atoms with E-state index in [1.54, 1.807) is 50.4 Å². The molecule has 3 aromatic carbocycles. The molecule has 0 saturated carbocycles. The lowest BCUT2D eigenvalue weighted by atomic mass is 10.00. The Kier molecular flexibility index (Phi) is 22.2. The number of benzene rings is 3. The minimum atomic E-state index is -1.31. The number of aliphatic hydroxyl groups is 2. The number of aliphatic hydroxyl groups excluding tert-OH is 2. The second-order valence-corrected chi connectivity index (χ2v) is 20.5. The van der Waals surface area contributed by atoms with E-state index in [9.17, 15) is 43.8 Å². The van der Waals surface area contributed by atoms with Crippen molar-refractivity contribution < 1.29 is 43.8 Å². The Hall–Kier alpha value is -5.97. The number of unbranched alkanes of at least 4 members (excludes halogenated alkanes) is 1. The van der Waals surface area contributed by atoms with Crippen molar-refractivity contribution in [1.82, 2.24) is 42.2 Å². The van der Waals surface area contributed by atoms with Crippen molar-refractivity contribution in [2.24, 2.45) is 17.4 Å². The molecule has 1 aliphatic rings. The van der Waals surface area contributed by atoms with Crippen LogP contribution in [-0.2, 0) is 52.8 Å². The molecule has 14 N–H and O–H groups in total. The molecule has 7 amide bonds. The van der Waals surface area contributed by atoms with Gasteiger partial charge in [0.25, 0.3) is 0 Å². The van der Waals surface area contributed by atoms with Crippen LogP contribution in [0.2, 0.25) is 0 Å². The SMILES string of the molecule is CC(C)[C@@H]1NC(=O)[C@H](CCCCN)NC(=O)[C@@H](Cc2c[nH]c3ccccc23)NC(=O)[C@H](Cc2ccccc2)NC(=O)[C@@H](NC(=O)[C@H](N)Cc2ccccc2)CSSC[C@@H](C(=O)N[C@H](CO)C(C)O)NC1=O. The predicted molar refractivity (Wildman–Crippen MR) is 275 cm³/mol. The highest BCUT2D eigenvalue weighted by Crippen LogP contribution is 2.24. The lowest BCUT2D eigenvalue weighted by molar-refractivity contribution is -0.136. The van der Waals surface area contributed by atoms with Gasteiger partial charge in [-0.2, -0.15) is 0 Å². The molecule has 9 atom stereocenters. The average Bonchev–Trinajstić information content (AvgIpc) is 3.76. The number of fused-ring (bicyclic) bond motifs is 1. The standard InChI is InChI=1S/C50H68N10O9S2/c1-29(2)43-50(69)59-42(49(68)57-40(26-61)30(3)62)28-71-70-27-41(58-44(63)35(52)22-31-14-6-4-7-15-31)48(67)55-38(23-32-16-8-5-9-17-32)46(65)56-39(24-33-25-53-36-19-11-10-18-34(33)36)47(66)54-37(45(64)60-43)20-12-13-21-51/h4-11,14-19,25,29-30,35,37-43,53,61-62H,12-13,20-24,26-28,51-52H2,1-3H3,(H,54,66)(H,55,67)(H,56,65)(H,57,68)(H,58,63)(H,59,69)(H,60,64)/t30?,35-,37+,38+,39-,40-,41+,42+,43+/m1/s1. The number of aromatic amines is 1. The van der Waals surface area contributed by atoms with Gasteiger partial charge in [-0.25, -0.2) is 0 Å². The highest BCUT2D eigenvalue weighted by Gasteiger charge is 2.36. The molecule has 0 bridgehead atoms. The summed E-state index contributed by atoms with van der Waals surface area (Å²) in [5.74, 6) is -5.78. The molecule has 1 unspecified atom stereocenters. The summed E-state index contributed by atoms with van der Waals surface area (Å²) in [5, 5.41) is 40.3. The van der Waals surface area contributed by atoms with E-state index in [1.165, 1.54) is 6.92 Å². The molecule has 5 rings (SSSR count). The Morgan fingerprint density at radius 1 is 0.718 bits per heavy atom. The molecule has 1 aromatic heterocycles. The zero-order chi connectivity index (χ0) is 51.5. The number of aromatic nitrogens is 1. The van der Waals surface area contributed by atoms with E-state index in [-0.39, 0.29) is 37.2 Å². The van der Waals surface area contributed by atoms with E-state index in [0.717, 1.165) is 38.1 Å². The lowest BCUT2D eigenvalue weighted by Gasteiger charge is -2.29. The Bertz CT molecular complexity index is 2390. The number of para-hydroxylation sites is 1. The first-order valence-corrected chi connectivity index (χ1v) is 26.3. The van der Waals surface area contributed by atoms with Gasteiger partial charge in [-0.1, -0.05) is 114 Å². The van der Waals surface area contributed by atoms with Crippen LogP contribution >= 0.6 is 21.6 Å². The van der Waals surface area contributed by atoms with Crippen LogP contribution in [0.1, 0.15) is 56.7 Å². The second-order valence-electron chi connectivity index (χ2n) is 18.0. The smallest absolute Gasteiger partial charge is 0.244 e. The van der Waals surface area contributed by atoms with Gasteiger partial charge in [0.2, 0.25) is 41.4 Å². The number of amides is 7. The third-order valence-electron chi connectivity index (χ3n) is 12.0. The maximum absolute atomic E-state index is 14.7. The summed E-state index contributed by atoms with van der Waals surface area (Å²) in [5.41, 5.74) is 15.1. The molecular weight excluding hydrogens is 949 g/mol. The van der Waals surface area contributed by atoms with Crippen molar-refractivity contribution in [3.05, 3.63) is 108 Å². The zero-order valence-electron chi connectivity index (χ0n) is 40.2. The Balaban J connectivity index is 1.56. The largest absolute Gasteiger partial charge is 0.394 e. The van der Waals surface area contributed by atoms with E-state index in [4.69, 9.17) is 11.5 Å². The average molecular weight is 1020 g/mol. The number of H-pyrrole nitrogens is 1. The lowest BCUT2D eigenvalue weighted by Crippen LogP contribution is -2.61. The van der Waals surface area contributed by atoms with Crippen LogP contribution in [0.5, 0.6) is 0 Å². The molecule has 1 saturated heterocycles. The number of hydrogen-bond donors (Lipinski definition) is 12. The Morgan fingerprint density at radius 2 is 1.31 bits per heavy atom. The summed E-state index contributed by atoms with van der Waals surface area (Å²) in [6.45, 7) is 4.48. The first kappa shape index (κ1) is 56.0. The minimum Gasteiger partial charge on any atom is -0.394 e. The van der Waals surface area contributed by atoms with E-state index < -0.39 is 108 Å². The molecule has 384 valence electrons. The van der Waals surface area contributed by atoms with E-state index in [1.807, 2.05) is 54.6 Å². The van der Waals surface area contributed by atoms with Gasteiger partial charge in [0.15, 0.2) is 0 Å². The molecule has 4 aromatic rings. The third kappa shape index (κ3) is 17.1. The number of carbonyl (C=O) groups is 7. The van der Waals surface area contributed by atoms with Gasteiger partial charge in [0.05, 0.1) is 24.8 Å². The quantitative estimate of drug-likeness (QED) is 0.0507. The van der Waals surface area contributed by atoms with Crippen LogP contribution in [0.4, 0.5) is 0 Å². The van der Waals surface area contributed by atoms with Gasteiger partial charge in [0.1, 0.15) is 36.3 Å². The fourth-order valence-electron chi connectivity index (χ4n) is 7.86. The van der Waals surface area contributed by atoms with Crippen LogP contribution in [0.15, 0.2) is 91.1 Å². The van der Waals surface area contributed by atoms with Crippen LogP contribution < -0.4 is 48.7 Å². The first-order valence-electron chi connectivity index (χ1n) is 23.8. The molecule has 2 heterocycles. The van der Waals surface area contributed by atoms with Gasteiger partial charge in [-0.05, 0) is 67.8 Å². The van der Waals surface area contributed by atoms with Gasteiger partial charge < -0.3 is 63.9 Å². The van der Waals surface area contributed by atoms with Gasteiger partial charge in [0, 0.05) is 41.4 Å². The summed E-state index contributed by atoms with van der Waals surface area (Å²) in [6.07, 6.45) is 1.72. The summed E-state index contributed by atoms with van der Waals surface area (Å²) in [4.78, 5) is 103. The Labute approximate surface area is 421 Å². The number of nitrogens with one attached hydrogen (secondary N) is 8. The Morgan fingerprint density at radius 3 is 1.96 bits per heavy atom. The van der Waals surface area contributed by atoms with Crippen molar-refractivity contribution in [3.8, 4) is 0 Å². The molecular formula is C50H68N10O9S2. The van der Waals surface area contributed by atoms with Crippen molar-refractivity contribution in [3.63, 3.8) is 0 Å². The summed E-state index contributed by atoms with van der Waals surface area (Å²) >= 11 is 0. The van der Waals surface area contributed by atoms with Crippen molar-refractivity contribution in [2.75, 3.05) is 24.7 Å². The normalized spacial score (nSPS) is 22.5. The topological polar surface area (TPSA) is 312 Å². The molecule has 1 aliphatic heterocycles. The molecule has 21 heteroatoms. The maximum Gasteiger partial charge on any atom is 0.244 e. The van der Waals surface area contributed by atoms with Crippen LogP contribution in [-0.4, -0.2) is 136 Å². The van der Waals surface area contributed by atoms with Crippen LogP contribution in [0, 0.1) is 5.92 Å². The maximum atomic E-state index is 14.7. The summed E-state index contributed by atoms with van der Waals surface area (Å²) in [6, 6.07) is 15.7. The number of carbonyl (C=O) groups excluding carboxylic acids is 7. The minimum absolute atomic E-state index is 0.0194. The molecule has 0 radical (unpaired) electrons. The zero-order valence-corrected chi connectivity index (χ0v) is 41.9. The van der Waals surface area contributed by atoms with Gasteiger partial charge >= 0.3 is 0 Å². The fourth-order valence-corrected chi connectivity index (χ4v) is 10.2. The number of hydrogen-bond acceptors (Lipinski definition) is 13. The molecule has 0 aliphatic carbocycles. The monoisotopic (exact) mass is 1020 g/mol. The predicted octanol–water partition coefficient (Wildman–Crippen LogP) is 0.470. The first-order chi connectivity index (χ1) is 34.1. The van der Waals surface area contributed by atoms with Crippen molar-refractivity contribution in [1.29, 1.82) is 0 Å². The van der Waals surface area contributed by atoms with Crippen molar-refractivity contribution in [2.45, 2.75) is 114 Å². The summed E-state index contributed by atoms with van der Waals surface area (Å²) in [7, 11) is 2.17. The molecule has 71 heavy (non-hydrogen) atoms. The van der Waals surface area contributed by atoms with Gasteiger partial charge in [-0.15, -0.1) is 0 Å². The molecule has 0 spiro atoms. The van der Waals surface area contributed by atoms with Gasteiger partial charge in [-0.3, -0.25) is 33.6 Å². The highest BCUT2D eigenvalue weighted by molar-refractivity contribution is 8.76. The number of rotatable bonds is 17.